The Bertz CT molecular complexity index is 830. The second kappa shape index (κ2) is 8.31. The van der Waals surface area contributed by atoms with Crippen LogP contribution in [0.15, 0.2) is 53.4 Å². The van der Waals surface area contributed by atoms with Gasteiger partial charge in [0, 0.05) is 13.1 Å². The molecular formula is C21H26FNO2S. The predicted octanol–water partition coefficient (Wildman–Crippen LogP) is 4.91. The van der Waals surface area contributed by atoms with Gasteiger partial charge in [-0.2, -0.15) is 4.31 Å². The molecule has 5 heteroatoms. The summed E-state index contributed by atoms with van der Waals surface area (Å²) < 4.78 is 41.7. The summed E-state index contributed by atoms with van der Waals surface area (Å²) in [6.45, 7) is 2.52. The number of hydrogen-bond donors (Lipinski definition) is 0. The third-order valence-corrected chi connectivity index (χ3v) is 7.12. The molecule has 26 heavy (non-hydrogen) atoms. The lowest BCUT2D eigenvalue weighted by Crippen LogP contribution is -2.36. The summed E-state index contributed by atoms with van der Waals surface area (Å²) in [5.74, 6) is -0.0219. The van der Waals surface area contributed by atoms with E-state index in [0.29, 0.717) is 24.6 Å². The van der Waals surface area contributed by atoms with Crippen molar-refractivity contribution in [1.82, 2.24) is 4.31 Å². The van der Waals surface area contributed by atoms with Gasteiger partial charge in [0.2, 0.25) is 10.0 Å². The molecule has 0 aromatic heterocycles. The SMILES string of the molecule is Cc1cc(F)ccc1S(=O)(=O)N(Cc1ccccc1)CC1CCCCC1. The lowest BCUT2D eigenvalue weighted by Gasteiger charge is -2.29. The van der Waals surface area contributed by atoms with E-state index < -0.39 is 15.8 Å². The van der Waals surface area contributed by atoms with Gasteiger partial charge in [-0.1, -0.05) is 49.6 Å². The zero-order chi connectivity index (χ0) is 18.6. The Morgan fingerprint density at radius 3 is 2.38 bits per heavy atom. The Hall–Kier alpha value is -1.72. The standard InChI is InChI=1S/C21H26FNO2S/c1-17-14-20(22)12-13-21(17)26(24,25)23(15-18-8-4-2-5-9-18)16-19-10-6-3-7-11-19/h2,4-5,8-9,12-14,19H,3,6-7,10-11,15-16H2,1H3. The molecule has 0 bridgehead atoms. The minimum Gasteiger partial charge on any atom is -0.207 e. The van der Waals surface area contributed by atoms with Crippen molar-refractivity contribution in [3.63, 3.8) is 0 Å². The van der Waals surface area contributed by atoms with Gasteiger partial charge in [-0.15, -0.1) is 0 Å². The number of sulfonamides is 1. The monoisotopic (exact) mass is 375 g/mol. The molecule has 1 fully saturated rings. The van der Waals surface area contributed by atoms with Crippen LogP contribution in [-0.4, -0.2) is 19.3 Å². The molecule has 3 rings (SSSR count). The maximum atomic E-state index is 13.4. The van der Waals surface area contributed by atoms with E-state index in [1.54, 1.807) is 11.2 Å². The molecule has 0 spiro atoms. The van der Waals surface area contributed by atoms with Crippen LogP contribution in [0, 0.1) is 18.7 Å². The summed E-state index contributed by atoms with van der Waals surface area (Å²) in [7, 11) is -3.68. The molecule has 0 unspecified atom stereocenters. The molecule has 2 aromatic rings. The number of aryl methyl sites for hydroxylation is 1. The van der Waals surface area contributed by atoms with Crippen LogP contribution in [0.3, 0.4) is 0 Å². The number of hydrogen-bond acceptors (Lipinski definition) is 2. The average Bonchev–Trinajstić information content (AvgIpc) is 2.62. The Kier molecular flexibility index (Phi) is 6.09. The van der Waals surface area contributed by atoms with Crippen LogP contribution in [0.25, 0.3) is 0 Å². The maximum absolute atomic E-state index is 13.4. The van der Waals surface area contributed by atoms with E-state index in [9.17, 15) is 12.8 Å². The number of rotatable bonds is 6. The molecule has 3 nitrogen and oxygen atoms in total. The van der Waals surface area contributed by atoms with Crippen molar-refractivity contribution in [3.8, 4) is 0 Å². The molecule has 0 amide bonds. The molecule has 0 N–H and O–H groups in total. The highest BCUT2D eigenvalue weighted by Crippen LogP contribution is 2.29. The third kappa shape index (κ3) is 4.51. The number of halogens is 1. The molecular weight excluding hydrogens is 349 g/mol. The predicted molar refractivity (Wildman–Crippen MR) is 102 cm³/mol. The molecule has 0 aliphatic heterocycles. The Morgan fingerprint density at radius 2 is 1.73 bits per heavy atom. The molecule has 0 saturated heterocycles. The van der Waals surface area contributed by atoms with Crippen LogP contribution in [0.1, 0.15) is 43.2 Å². The van der Waals surface area contributed by atoms with Gasteiger partial charge in [0.15, 0.2) is 0 Å². The lowest BCUT2D eigenvalue weighted by molar-refractivity contribution is 0.275. The average molecular weight is 376 g/mol. The van der Waals surface area contributed by atoms with Crippen molar-refractivity contribution < 1.29 is 12.8 Å². The fraction of sp³-hybridized carbons (Fsp3) is 0.429. The first-order chi connectivity index (χ1) is 12.5. The Morgan fingerprint density at radius 1 is 1.04 bits per heavy atom. The maximum Gasteiger partial charge on any atom is 0.243 e. The van der Waals surface area contributed by atoms with Gasteiger partial charge in [0.05, 0.1) is 4.90 Å². The fourth-order valence-electron chi connectivity index (χ4n) is 3.73. The van der Waals surface area contributed by atoms with Gasteiger partial charge in [-0.3, -0.25) is 0 Å². The van der Waals surface area contributed by atoms with E-state index in [1.165, 1.54) is 37.5 Å². The summed E-state index contributed by atoms with van der Waals surface area (Å²) in [4.78, 5) is 0.200. The van der Waals surface area contributed by atoms with Crippen LogP contribution in [0.4, 0.5) is 4.39 Å². The highest BCUT2D eigenvalue weighted by atomic mass is 32.2. The smallest absolute Gasteiger partial charge is 0.207 e. The van der Waals surface area contributed by atoms with Gasteiger partial charge >= 0.3 is 0 Å². The zero-order valence-corrected chi connectivity index (χ0v) is 16.0. The fourth-order valence-corrected chi connectivity index (χ4v) is 5.44. The Labute approximate surface area is 155 Å². The quantitative estimate of drug-likeness (QED) is 0.720. The zero-order valence-electron chi connectivity index (χ0n) is 15.2. The number of nitrogens with zero attached hydrogens (tertiary/aromatic N) is 1. The normalized spacial score (nSPS) is 16.1. The van der Waals surface area contributed by atoms with Crippen LogP contribution in [-0.2, 0) is 16.6 Å². The summed E-state index contributed by atoms with van der Waals surface area (Å²) in [6.07, 6.45) is 5.71. The van der Waals surface area contributed by atoms with Crippen molar-refractivity contribution in [2.75, 3.05) is 6.54 Å². The largest absolute Gasteiger partial charge is 0.243 e. The van der Waals surface area contributed by atoms with Crippen LogP contribution >= 0.6 is 0 Å². The summed E-state index contributed by atoms with van der Waals surface area (Å²) in [5.41, 5.74) is 1.42. The van der Waals surface area contributed by atoms with E-state index in [1.807, 2.05) is 30.3 Å². The minimum absolute atomic E-state index is 0.200. The first-order valence-corrected chi connectivity index (χ1v) is 10.7. The van der Waals surface area contributed by atoms with E-state index in [-0.39, 0.29) is 4.90 Å². The number of benzene rings is 2. The van der Waals surface area contributed by atoms with Crippen molar-refractivity contribution in [2.24, 2.45) is 5.92 Å². The van der Waals surface area contributed by atoms with Crippen LogP contribution in [0.5, 0.6) is 0 Å². The molecule has 1 aliphatic rings. The molecule has 0 radical (unpaired) electrons. The molecule has 1 saturated carbocycles. The summed E-state index contributed by atoms with van der Waals surface area (Å²) in [5, 5.41) is 0. The van der Waals surface area contributed by atoms with Crippen LogP contribution < -0.4 is 0 Å². The highest BCUT2D eigenvalue weighted by Gasteiger charge is 2.29. The van der Waals surface area contributed by atoms with E-state index in [0.717, 1.165) is 18.4 Å². The highest BCUT2D eigenvalue weighted by molar-refractivity contribution is 7.89. The van der Waals surface area contributed by atoms with Crippen molar-refractivity contribution >= 4 is 10.0 Å². The lowest BCUT2D eigenvalue weighted by atomic mass is 9.89. The van der Waals surface area contributed by atoms with Crippen molar-refractivity contribution in [1.29, 1.82) is 0 Å². The van der Waals surface area contributed by atoms with Gasteiger partial charge in [0.25, 0.3) is 0 Å². The molecule has 1 aliphatic carbocycles. The van der Waals surface area contributed by atoms with Crippen molar-refractivity contribution in [3.05, 3.63) is 65.5 Å². The van der Waals surface area contributed by atoms with E-state index >= 15 is 0 Å². The first-order valence-electron chi connectivity index (χ1n) is 9.27. The topological polar surface area (TPSA) is 37.4 Å². The molecule has 0 atom stereocenters. The van der Waals surface area contributed by atoms with Gasteiger partial charge in [-0.25, -0.2) is 12.8 Å². The second-order valence-electron chi connectivity index (χ2n) is 7.20. The Balaban J connectivity index is 1.92. The first kappa shape index (κ1) is 19.1. The van der Waals surface area contributed by atoms with Gasteiger partial charge in [-0.05, 0) is 55.0 Å². The second-order valence-corrected chi connectivity index (χ2v) is 9.10. The molecule has 0 heterocycles. The van der Waals surface area contributed by atoms with Crippen LogP contribution in [0.2, 0.25) is 0 Å². The minimum atomic E-state index is -3.68. The molecule has 2 aromatic carbocycles. The van der Waals surface area contributed by atoms with Gasteiger partial charge in [0.1, 0.15) is 5.82 Å². The van der Waals surface area contributed by atoms with Crippen molar-refractivity contribution in [2.45, 2.75) is 50.5 Å². The summed E-state index contributed by atoms with van der Waals surface area (Å²) >= 11 is 0. The van der Waals surface area contributed by atoms with E-state index in [2.05, 4.69) is 0 Å². The van der Waals surface area contributed by atoms with E-state index in [4.69, 9.17) is 0 Å². The summed E-state index contributed by atoms with van der Waals surface area (Å²) in [6, 6.07) is 13.6. The van der Waals surface area contributed by atoms with Gasteiger partial charge < -0.3 is 0 Å². The third-order valence-electron chi connectivity index (χ3n) is 5.14. The molecule has 140 valence electrons.